The van der Waals surface area contributed by atoms with Gasteiger partial charge in [-0.1, -0.05) is 18.2 Å². The zero-order valence-corrected chi connectivity index (χ0v) is 11.0. The highest BCUT2D eigenvalue weighted by Crippen LogP contribution is 2.19. The molecule has 0 spiro atoms. The average Bonchev–Trinajstić information content (AvgIpc) is 2.80. The summed E-state index contributed by atoms with van der Waals surface area (Å²) in [6.45, 7) is 0. The van der Waals surface area contributed by atoms with Gasteiger partial charge in [0.1, 0.15) is 12.5 Å². The third kappa shape index (κ3) is 3.59. The SMILES string of the molecule is O=C(O)CC(=O)NC(Cc1c[nH]c2ccccc12)C(=O)O. The number of para-hydroxylation sites is 1. The van der Waals surface area contributed by atoms with Crippen molar-refractivity contribution in [1.29, 1.82) is 0 Å². The fourth-order valence-corrected chi connectivity index (χ4v) is 2.10. The second-order valence-electron chi connectivity index (χ2n) is 4.59. The van der Waals surface area contributed by atoms with E-state index in [9.17, 15) is 14.4 Å². The Morgan fingerprint density at radius 3 is 2.57 bits per heavy atom. The Hall–Kier alpha value is -2.83. The molecular weight excluding hydrogens is 276 g/mol. The number of hydrogen-bond donors (Lipinski definition) is 4. The molecule has 1 atom stereocenters. The van der Waals surface area contributed by atoms with Crippen LogP contribution in [-0.4, -0.2) is 39.1 Å². The number of hydrogen-bond acceptors (Lipinski definition) is 3. The number of carboxylic acid groups (broad SMARTS) is 2. The van der Waals surface area contributed by atoms with Gasteiger partial charge in [0.05, 0.1) is 0 Å². The fraction of sp³-hybridized carbons (Fsp3) is 0.214. The number of carbonyl (C=O) groups is 3. The molecule has 0 aliphatic carbocycles. The molecule has 2 rings (SSSR count). The Morgan fingerprint density at radius 2 is 1.90 bits per heavy atom. The lowest BCUT2D eigenvalue weighted by Crippen LogP contribution is -2.42. The fourth-order valence-electron chi connectivity index (χ4n) is 2.10. The zero-order chi connectivity index (χ0) is 15.4. The normalized spacial score (nSPS) is 12.0. The maximum atomic E-state index is 11.4. The highest BCUT2D eigenvalue weighted by molar-refractivity contribution is 5.95. The molecule has 7 heteroatoms. The van der Waals surface area contributed by atoms with Gasteiger partial charge in [-0.2, -0.15) is 0 Å². The van der Waals surface area contributed by atoms with Gasteiger partial charge in [0.15, 0.2) is 0 Å². The first-order valence-electron chi connectivity index (χ1n) is 6.26. The number of aliphatic carboxylic acids is 2. The van der Waals surface area contributed by atoms with E-state index in [0.717, 1.165) is 16.5 Å². The van der Waals surface area contributed by atoms with Gasteiger partial charge in [-0.3, -0.25) is 9.59 Å². The van der Waals surface area contributed by atoms with Crippen LogP contribution in [0, 0.1) is 0 Å². The van der Waals surface area contributed by atoms with E-state index in [1.54, 1.807) is 6.20 Å². The van der Waals surface area contributed by atoms with E-state index in [-0.39, 0.29) is 6.42 Å². The van der Waals surface area contributed by atoms with Crippen LogP contribution in [0.3, 0.4) is 0 Å². The van der Waals surface area contributed by atoms with Crippen LogP contribution in [0.2, 0.25) is 0 Å². The van der Waals surface area contributed by atoms with Gasteiger partial charge in [0.25, 0.3) is 0 Å². The summed E-state index contributed by atoms with van der Waals surface area (Å²) < 4.78 is 0. The topological polar surface area (TPSA) is 119 Å². The number of nitrogens with one attached hydrogen (secondary N) is 2. The van der Waals surface area contributed by atoms with E-state index in [2.05, 4.69) is 10.3 Å². The van der Waals surface area contributed by atoms with Crippen LogP contribution >= 0.6 is 0 Å². The summed E-state index contributed by atoms with van der Waals surface area (Å²) in [7, 11) is 0. The van der Waals surface area contributed by atoms with Crippen molar-refractivity contribution in [1.82, 2.24) is 10.3 Å². The summed E-state index contributed by atoms with van der Waals surface area (Å²) in [6, 6.07) is 6.22. The Bertz CT molecular complexity index is 691. The summed E-state index contributed by atoms with van der Waals surface area (Å²) in [5, 5.41) is 20.8. The molecule has 0 bridgehead atoms. The number of amides is 1. The van der Waals surface area contributed by atoms with Gasteiger partial charge in [-0.15, -0.1) is 0 Å². The van der Waals surface area contributed by atoms with Crippen LogP contribution in [0.15, 0.2) is 30.5 Å². The quantitative estimate of drug-likeness (QED) is 0.585. The van der Waals surface area contributed by atoms with Crippen molar-refractivity contribution in [3.8, 4) is 0 Å². The lowest BCUT2D eigenvalue weighted by molar-refractivity contribution is -0.145. The van der Waals surface area contributed by atoms with Crippen LogP contribution in [0.25, 0.3) is 10.9 Å². The van der Waals surface area contributed by atoms with Crippen LogP contribution < -0.4 is 5.32 Å². The first kappa shape index (κ1) is 14.6. The van der Waals surface area contributed by atoms with Crippen molar-refractivity contribution in [3.63, 3.8) is 0 Å². The summed E-state index contributed by atoms with van der Waals surface area (Å²) in [4.78, 5) is 36.1. The van der Waals surface area contributed by atoms with Crippen LogP contribution in [0.5, 0.6) is 0 Å². The smallest absolute Gasteiger partial charge is 0.326 e. The van der Waals surface area contributed by atoms with E-state index in [1.165, 1.54) is 0 Å². The van der Waals surface area contributed by atoms with Crippen molar-refractivity contribution in [2.24, 2.45) is 0 Å². The Kier molecular flexibility index (Phi) is 4.22. The molecule has 0 radical (unpaired) electrons. The Labute approximate surface area is 119 Å². The summed E-state index contributed by atoms with van der Waals surface area (Å²) in [6.07, 6.45) is 1.01. The van der Waals surface area contributed by atoms with Gasteiger partial charge in [0, 0.05) is 23.5 Å². The molecule has 0 saturated carbocycles. The van der Waals surface area contributed by atoms with Crippen LogP contribution in [-0.2, 0) is 20.8 Å². The predicted octanol–water partition coefficient (Wildman–Crippen LogP) is 0.754. The number of carboxylic acids is 2. The largest absolute Gasteiger partial charge is 0.481 e. The van der Waals surface area contributed by atoms with Gasteiger partial charge < -0.3 is 20.5 Å². The molecule has 21 heavy (non-hydrogen) atoms. The number of rotatable bonds is 6. The van der Waals surface area contributed by atoms with Crippen LogP contribution in [0.4, 0.5) is 0 Å². The molecule has 110 valence electrons. The van der Waals surface area contributed by atoms with E-state index >= 15 is 0 Å². The van der Waals surface area contributed by atoms with Gasteiger partial charge in [-0.05, 0) is 11.6 Å². The average molecular weight is 290 g/mol. The molecule has 0 aliphatic heterocycles. The van der Waals surface area contributed by atoms with E-state index in [4.69, 9.17) is 10.2 Å². The minimum atomic E-state index is -1.30. The second kappa shape index (κ2) is 6.08. The van der Waals surface area contributed by atoms with Crippen molar-refractivity contribution in [2.75, 3.05) is 0 Å². The molecule has 1 amide bonds. The highest BCUT2D eigenvalue weighted by atomic mass is 16.4. The Morgan fingerprint density at radius 1 is 1.19 bits per heavy atom. The number of aromatic nitrogens is 1. The van der Waals surface area contributed by atoms with Gasteiger partial charge in [-0.25, -0.2) is 4.79 Å². The van der Waals surface area contributed by atoms with Crippen molar-refractivity contribution >= 4 is 28.7 Å². The number of fused-ring (bicyclic) bond motifs is 1. The molecule has 0 saturated heterocycles. The molecule has 0 aliphatic rings. The zero-order valence-electron chi connectivity index (χ0n) is 11.0. The monoisotopic (exact) mass is 290 g/mol. The van der Waals surface area contributed by atoms with Gasteiger partial charge in [0.2, 0.25) is 5.91 Å². The molecular formula is C14H14N2O5. The van der Waals surface area contributed by atoms with Crippen molar-refractivity contribution in [3.05, 3.63) is 36.0 Å². The predicted molar refractivity (Wildman–Crippen MR) is 73.8 cm³/mol. The molecule has 0 fully saturated rings. The lowest BCUT2D eigenvalue weighted by atomic mass is 10.0. The summed E-state index contributed by atoms with van der Waals surface area (Å²) >= 11 is 0. The molecule has 1 heterocycles. The minimum Gasteiger partial charge on any atom is -0.481 e. The van der Waals surface area contributed by atoms with Gasteiger partial charge >= 0.3 is 11.9 Å². The maximum Gasteiger partial charge on any atom is 0.326 e. The Balaban J connectivity index is 2.15. The number of H-pyrrole nitrogens is 1. The summed E-state index contributed by atoms with van der Waals surface area (Å²) in [5.74, 6) is -3.34. The highest BCUT2D eigenvalue weighted by Gasteiger charge is 2.22. The van der Waals surface area contributed by atoms with E-state index in [1.807, 2.05) is 24.3 Å². The van der Waals surface area contributed by atoms with Crippen LogP contribution in [0.1, 0.15) is 12.0 Å². The molecule has 1 aromatic carbocycles. The minimum absolute atomic E-state index is 0.0741. The second-order valence-corrected chi connectivity index (χ2v) is 4.59. The molecule has 2 aromatic rings. The van der Waals surface area contributed by atoms with E-state index in [0.29, 0.717) is 0 Å². The van der Waals surface area contributed by atoms with Crippen molar-refractivity contribution < 1.29 is 24.6 Å². The van der Waals surface area contributed by atoms with E-state index < -0.39 is 30.3 Å². The lowest BCUT2D eigenvalue weighted by Gasteiger charge is -2.13. The standard InChI is InChI=1S/C14H14N2O5/c17-12(6-13(18)19)16-11(14(20)21)5-8-7-15-10-4-2-1-3-9(8)10/h1-4,7,11,15H,5-6H2,(H,16,17)(H,18,19)(H,20,21). The number of benzene rings is 1. The molecule has 1 unspecified atom stereocenters. The third-order valence-corrected chi connectivity index (χ3v) is 3.04. The number of carbonyl (C=O) groups excluding carboxylic acids is 1. The number of aromatic amines is 1. The molecule has 1 aromatic heterocycles. The van der Waals surface area contributed by atoms with Crippen molar-refractivity contribution in [2.45, 2.75) is 18.9 Å². The summed E-state index contributed by atoms with van der Waals surface area (Å²) in [5.41, 5.74) is 1.61. The molecule has 4 N–H and O–H groups in total. The third-order valence-electron chi connectivity index (χ3n) is 3.04. The molecule has 7 nitrogen and oxygen atoms in total. The first-order valence-corrected chi connectivity index (χ1v) is 6.26. The maximum absolute atomic E-state index is 11.4. The first-order chi connectivity index (χ1) is 9.97.